The summed E-state index contributed by atoms with van der Waals surface area (Å²) in [6, 6.07) is 8.03. The standard InChI is InChI=1S/C22H25N5O3/c1-30-21-3-2-16(7-20(21)13-27-15-24-14-25-27)11-26-5-4-17(12-26)6-18-8-19(22(28)29)10-23-9-18/h2-3,7-10,14-15,17H,4-6,11-13H2,1H3,(H,28,29). The number of pyridine rings is 1. The van der Waals surface area contributed by atoms with Gasteiger partial charge in [-0.25, -0.2) is 14.5 Å². The van der Waals surface area contributed by atoms with Crippen LogP contribution in [0.25, 0.3) is 0 Å². The van der Waals surface area contributed by atoms with Crippen molar-refractivity contribution in [3.63, 3.8) is 0 Å². The van der Waals surface area contributed by atoms with Crippen molar-refractivity contribution in [3.05, 3.63) is 71.6 Å². The van der Waals surface area contributed by atoms with Gasteiger partial charge in [-0.2, -0.15) is 5.10 Å². The first-order valence-electron chi connectivity index (χ1n) is 9.98. The molecule has 3 heterocycles. The molecule has 4 rings (SSSR count). The van der Waals surface area contributed by atoms with E-state index in [-0.39, 0.29) is 5.56 Å². The number of aromatic carboxylic acids is 1. The van der Waals surface area contributed by atoms with E-state index in [0.29, 0.717) is 12.5 Å². The van der Waals surface area contributed by atoms with Crippen LogP contribution < -0.4 is 4.74 Å². The van der Waals surface area contributed by atoms with E-state index in [1.807, 2.05) is 6.07 Å². The number of ether oxygens (including phenoxy) is 1. The summed E-state index contributed by atoms with van der Waals surface area (Å²) < 4.78 is 7.29. The topological polar surface area (TPSA) is 93.4 Å². The van der Waals surface area contributed by atoms with E-state index >= 15 is 0 Å². The molecule has 0 bridgehead atoms. The molecule has 1 saturated heterocycles. The molecule has 8 nitrogen and oxygen atoms in total. The van der Waals surface area contributed by atoms with Gasteiger partial charge in [0.2, 0.25) is 0 Å². The molecule has 30 heavy (non-hydrogen) atoms. The monoisotopic (exact) mass is 407 g/mol. The Bertz CT molecular complexity index is 1010. The second-order valence-electron chi connectivity index (χ2n) is 7.72. The van der Waals surface area contributed by atoms with Crippen LogP contribution in [0.2, 0.25) is 0 Å². The molecule has 1 aliphatic rings. The lowest BCUT2D eigenvalue weighted by Crippen LogP contribution is -2.21. The van der Waals surface area contributed by atoms with Crippen LogP contribution in [-0.4, -0.2) is 55.9 Å². The van der Waals surface area contributed by atoms with Crippen molar-refractivity contribution in [1.29, 1.82) is 0 Å². The van der Waals surface area contributed by atoms with Gasteiger partial charge in [0.25, 0.3) is 0 Å². The minimum atomic E-state index is -0.932. The summed E-state index contributed by atoms with van der Waals surface area (Å²) in [6.07, 6.45) is 8.35. The normalized spacial score (nSPS) is 16.6. The van der Waals surface area contributed by atoms with Crippen LogP contribution in [0.4, 0.5) is 0 Å². The molecule has 1 fully saturated rings. The molecule has 1 aromatic carbocycles. The lowest BCUT2D eigenvalue weighted by Gasteiger charge is -2.18. The molecular weight excluding hydrogens is 382 g/mol. The fourth-order valence-corrected chi connectivity index (χ4v) is 4.07. The van der Waals surface area contributed by atoms with Crippen LogP contribution in [0.5, 0.6) is 5.75 Å². The quantitative estimate of drug-likeness (QED) is 0.613. The number of carboxylic acid groups (broad SMARTS) is 1. The van der Waals surface area contributed by atoms with E-state index in [1.165, 1.54) is 18.1 Å². The molecule has 1 atom stereocenters. The third kappa shape index (κ3) is 4.83. The molecule has 0 spiro atoms. The first kappa shape index (κ1) is 20.0. The van der Waals surface area contributed by atoms with Gasteiger partial charge in [-0.3, -0.25) is 9.88 Å². The summed E-state index contributed by atoms with van der Waals surface area (Å²) in [5.74, 6) is 0.418. The van der Waals surface area contributed by atoms with E-state index < -0.39 is 5.97 Å². The number of carbonyl (C=O) groups is 1. The molecule has 0 amide bonds. The lowest BCUT2D eigenvalue weighted by atomic mass is 9.99. The van der Waals surface area contributed by atoms with Crippen molar-refractivity contribution in [2.24, 2.45) is 5.92 Å². The average molecular weight is 407 g/mol. The molecule has 8 heteroatoms. The van der Waals surface area contributed by atoms with Crippen LogP contribution in [0.15, 0.2) is 49.3 Å². The fourth-order valence-electron chi connectivity index (χ4n) is 4.07. The molecule has 0 aliphatic carbocycles. The number of methoxy groups -OCH3 is 1. The van der Waals surface area contributed by atoms with Crippen LogP contribution in [0.3, 0.4) is 0 Å². The Kier molecular flexibility index (Phi) is 6.04. The van der Waals surface area contributed by atoms with Gasteiger partial charge in [-0.15, -0.1) is 0 Å². The number of benzene rings is 1. The van der Waals surface area contributed by atoms with Gasteiger partial charge in [0.05, 0.1) is 19.2 Å². The molecule has 0 saturated carbocycles. The number of rotatable bonds is 8. The molecule has 156 valence electrons. The Morgan fingerprint density at radius 1 is 1.20 bits per heavy atom. The first-order chi connectivity index (χ1) is 14.6. The van der Waals surface area contributed by atoms with Crippen molar-refractivity contribution < 1.29 is 14.6 Å². The Labute approximate surface area is 175 Å². The number of nitrogens with zero attached hydrogens (tertiary/aromatic N) is 5. The van der Waals surface area contributed by atoms with Gasteiger partial charge in [-0.05, 0) is 54.6 Å². The first-order valence-corrected chi connectivity index (χ1v) is 9.98. The van der Waals surface area contributed by atoms with Gasteiger partial charge in [0, 0.05) is 31.0 Å². The molecule has 3 aromatic rings. The number of aromatic nitrogens is 4. The smallest absolute Gasteiger partial charge is 0.337 e. The Balaban J connectivity index is 1.38. The molecular formula is C22H25N5O3. The number of hydrogen-bond donors (Lipinski definition) is 1. The zero-order valence-corrected chi connectivity index (χ0v) is 16.9. The predicted octanol–water partition coefficient (Wildman–Crippen LogP) is 2.49. The molecule has 1 unspecified atom stereocenters. The van der Waals surface area contributed by atoms with Gasteiger partial charge < -0.3 is 9.84 Å². The lowest BCUT2D eigenvalue weighted by molar-refractivity contribution is 0.0696. The van der Waals surface area contributed by atoms with Gasteiger partial charge >= 0.3 is 5.97 Å². The van der Waals surface area contributed by atoms with E-state index in [9.17, 15) is 4.79 Å². The highest BCUT2D eigenvalue weighted by Crippen LogP contribution is 2.25. The van der Waals surface area contributed by atoms with Crippen LogP contribution in [0, 0.1) is 5.92 Å². The summed E-state index contributed by atoms with van der Waals surface area (Å²) in [6.45, 7) is 3.51. The maximum atomic E-state index is 11.2. The zero-order valence-electron chi connectivity index (χ0n) is 16.9. The average Bonchev–Trinajstić information content (AvgIpc) is 3.41. The van der Waals surface area contributed by atoms with Crippen molar-refractivity contribution in [2.45, 2.75) is 25.9 Å². The predicted molar refractivity (Wildman–Crippen MR) is 110 cm³/mol. The Hall–Kier alpha value is -3.26. The maximum Gasteiger partial charge on any atom is 0.337 e. The second kappa shape index (κ2) is 9.04. The zero-order chi connectivity index (χ0) is 20.9. The Morgan fingerprint density at radius 3 is 2.87 bits per heavy atom. The summed E-state index contributed by atoms with van der Waals surface area (Å²) in [5.41, 5.74) is 3.55. The van der Waals surface area contributed by atoms with Gasteiger partial charge in [0.15, 0.2) is 0 Å². The maximum absolute atomic E-state index is 11.2. The van der Waals surface area contributed by atoms with E-state index in [1.54, 1.807) is 30.4 Å². The third-order valence-electron chi connectivity index (χ3n) is 5.49. The Morgan fingerprint density at radius 2 is 2.10 bits per heavy atom. The summed E-state index contributed by atoms with van der Waals surface area (Å²) in [7, 11) is 1.68. The second-order valence-corrected chi connectivity index (χ2v) is 7.72. The number of carboxylic acids is 1. The molecule has 1 aliphatic heterocycles. The fraction of sp³-hybridized carbons (Fsp3) is 0.364. The summed E-state index contributed by atoms with van der Waals surface area (Å²) in [4.78, 5) is 21.7. The number of likely N-dealkylation sites (tertiary alicyclic amines) is 1. The van der Waals surface area contributed by atoms with E-state index in [4.69, 9.17) is 9.84 Å². The van der Waals surface area contributed by atoms with Gasteiger partial charge in [0.1, 0.15) is 18.4 Å². The van der Waals surface area contributed by atoms with E-state index in [2.05, 4.69) is 32.1 Å². The minimum Gasteiger partial charge on any atom is -0.496 e. The molecule has 2 aromatic heterocycles. The van der Waals surface area contributed by atoms with Crippen molar-refractivity contribution >= 4 is 5.97 Å². The van der Waals surface area contributed by atoms with Crippen LogP contribution in [0.1, 0.15) is 33.5 Å². The SMILES string of the molecule is COc1ccc(CN2CCC(Cc3cncc(C(=O)O)c3)C2)cc1Cn1cncn1. The van der Waals surface area contributed by atoms with Crippen molar-refractivity contribution in [2.75, 3.05) is 20.2 Å². The third-order valence-corrected chi connectivity index (χ3v) is 5.49. The van der Waals surface area contributed by atoms with Crippen molar-refractivity contribution in [1.82, 2.24) is 24.6 Å². The van der Waals surface area contributed by atoms with Gasteiger partial charge in [-0.1, -0.05) is 6.07 Å². The largest absolute Gasteiger partial charge is 0.496 e. The van der Waals surface area contributed by atoms with Crippen LogP contribution >= 0.6 is 0 Å². The minimum absolute atomic E-state index is 0.250. The highest BCUT2D eigenvalue weighted by molar-refractivity contribution is 5.87. The highest BCUT2D eigenvalue weighted by atomic mass is 16.5. The summed E-state index contributed by atoms with van der Waals surface area (Å²) >= 11 is 0. The highest BCUT2D eigenvalue weighted by Gasteiger charge is 2.23. The number of hydrogen-bond acceptors (Lipinski definition) is 6. The van der Waals surface area contributed by atoms with Crippen molar-refractivity contribution in [3.8, 4) is 5.75 Å². The van der Waals surface area contributed by atoms with Crippen LogP contribution in [-0.2, 0) is 19.5 Å². The summed E-state index contributed by atoms with van der Waals surface area (Å²) in [5, 5.41) is 13.3. The molecule has 0 radical (unpaired) electrons. The van der Waals surface area contributed by atoms with E-state index in [0.717, 1.165) is 49.4 Å². The molecule has 1 N–H and O–H groups in total.